The van der Waals surface area contributed by atoms with Crippen LogP contribution in [0.3, 0.4) is 0 Å². The van der Waals surface area contributed by atoms with Gasteiger partial charge in [0.1, 0.15) is 0 Å². The van der Waals surface area contributed by atoms with Gasteiger partial charge in [0.15, 0.2) is 6.54 Å². The molecule has 1 heterocycles. The fraction of sp³-hybridized carbons (Fsp3) is 0.500. The van der Waals surface area contributed by atoms with E-state index in [1.807, 2.05) is 32.0 Å². The van der Waals surface area contributed by atoms with Crippen molar-refractivity contribution in [2.45, 2.75) is 26.7 Å². The van der Waals surface area contributed by atoms with Crippen LogP contribution in [-0.2, 0) is 9.59 Å². The zero-order chi connectivity index (χ0) is 15.4. The van der Waals surface area contributed by atoms with Crippen LogP contribution in [0.15, 0.2) is 18.2 Å². The smallest absolute Gasteiger partial charge is 0.279 e. The van der Waals surface area contributed by atoms with Gasteiger partial charge in [0.05, 0.1) is 19.0 Å². The quantitative estimate of drug-likeness (QED) is 0.731. The Morgan fingerprint density at radius 2 is 2.10 bits per heavy atom. The molecule has 1 aliphatic heterocycles. The van der Waals surface area contributed by atoms with Crippen molar-refractivity contribution in [3.63, 3.8) is 0 Å². The highest BCUT2D eigenvalue weighted by atomic mass is 16.2. The van der Waals surface area contributed by atoms with Crippen LogP contribution >= 0.6 is 0 Å². The molecule has 0 spiro atoms. The third-order valence-corrected chi connectivity index (χ3v) is 4.22. The van der Waals surface area contributed by atoms with Crippen LogP contribution in [0.1, 0.15) is 24.0 Å². The standard InChI is InChI=1S/C16H23N3O2/c1-11-5-6-14(8-12(11)2)18-15(20)10-19-7-3-4-13(9-19)16(17)21/h5-6,8,13H,3-4,7,9-10H2,1-2H3,(H2,17,21)(H,18,20)/p+1/t13-/m0/s1. The second-order valence-electron chi connectivity index (χ2n) is 5.97. The summed E-state index contributed by atoms with van der Waals surface area (Å²) in [6.45, 7) is 6.04. The first-order chi connectivity index (χ1) is 9.95. The van der Waals surface area contributed by atoms with E-state index in [4.69, 9.17) is 5.73 Å². The summed E-state index contributed by atoms with van der Waals surface area (Å²) < 4.78 is 0. The van der Waals surface area contributed by atoms with Crippen molar-refractivity contribution in [3.05, 3.63) is 29.3 Å². The van der Waals surface area contributed by atoms with E-state index in [2.05, 4.69) is 5.32 Å². The highest BCUT2D eigenvalue weighted by molar-refractivity contribution is 5.91. The summed E-state index contributed by atoms with van der Waals surface area (Å²) >= 11 is 0. The minimum absolute atomic E-state index is 0.0154. The zero-order valence-electron chi connectivity index (χ0n) is 12.7. The van der Waals surface area contributed by atoms with Gasteiger partial charge in [-0.3, -0.25) is 9.59 Å². The van der Waals surface area contributed by atoms with Gasteiger partial charge in [0, 0.05) is 5.69 Å². The van der Waals surface area contributed by atoms with Crippen molar-refractivity contribution >= 4 is 17.5 Å². The fourth-order valence-corrected chi connectivity index (χ4v) is 2.81. The topological polar surface area (TPSA) is 76.6 Å². The molecule has 2 rings (SSSR count). The largest absolute Gasteiger partial charge is 0.369 e. The summed E-state index contributed by atoms with van der Waals surface area (Å²) in [5.74, 6) is -0.358. The number of carbonyl (C=O) groups excluding carboxylic acids is 2. The molecule has 2 atom stereocenters. The lowest BCUT2D eigenvalue weighted by Crippen LogP contribution is -3.14. The number of rotatable bonds is 4. The Labute approximate surface area is 125 Å². The molecule has 1 aromatic carbocycles. The number of hydrogen-bond acceptors (Lipinski definition) is 2. The maximum absolute atomic E-state index is 12.1. The molecular formula is C16H24N3O2+. The molecule has 0 saturated carbocycles. The summed E-state index contributed by atoms with van der Waals surface area (Å²) in [5, 5.41) is 2.93. The number of primary amides is 1. The minimum atomic E-state index is -0.248. The molecule has 2 amide bonds. The van der Waals surface area contributed by atoms with Crippen LogP contribution in [0, 0.1) is 19.8 Å². The molecule has 0 radical (unpaired) electrons. The highest BCUT2D eigenvalue weighted by Gasteiger charge is 2.28. The Balaban J connectivity index is 1.89. The summed E-state index contributed by atoms with van der Waals surface area (Å²) in [7, 11) is 0. The average molecular weight is 290 g/mol. The predicted octanol–water partition coefficient (Wildman–Crippen LogP) is 0.0221. The van der Waals surface area contributed by atoms with E-state index < -0.39 is 0 Å². The van der Waals surface area contributed by atoms with E-state index in [-0.39, 0.29) is 17.7 Å². The van der Waals surface area contributed by atoms with Crippen molar-refractivity contribution < 1.29 is 14.5 Å². The SMILES string of the molecule is Cc1ccc(NC(=O)C[NH+]2CCC[C@H](C(N)=O)C2)cc1C. The predicted molar refractivity (Wildman–Crippen MR) is 82.0 cm³/mol. The van der Waals surface area contributed by atoms with Gasteiger partial charge < -0.3 is 16.0 Å². The number of nitrogens with two attached hydrogens (primary N) is 1. The Bertz CT molecular complexity index is 542. The second-order valence-corrected chi connectivity index (χ2v) is 5.97. The number of likely N-dealkylation sites (tertiary alicyclic amines) is 1. The molecule has 1 saturated heterocycles. The van der Waals surface area contributed by atoms with Crippen LogP contribution < -0.4 is 16.0 Å². The first-order valence-corrected chi connectivity index (χ1v) is 7.45. The van der Waals surface area contributed by atoms with E-state index in [9.17, 15) is 9.59 Å². The molecular weight excluding hydrogens is 266 g/mol. The molecule has 4 N–H and O–H groups in total. The lowest BCUT2D eigenvalue weighted by molar-refractivity contribution is -0.899. The van der Waals surface area contributed by atoms with Crippen LogP contribution in [0.25, 0.3) is 0 Å². The molecule has 0 aromatic heterocycles. The molecule has 1 unspecified atom stereocenters. The van der Waals surface area contributed by atoms with Crippen molar-refractivity contribution in [1.82, 2.24) is 0 Å². The van der Waals surface area contributed by atoms with Crippen molar-refractivity contribution in [2.75, 3.05) is 25.0 Å². The Hall–Kier alpha value is -1.88. The number of aryl methyl sites for hydroxylation is 2. The molecule has 0 bridgehead atoms. The molecule has 0 aliphatic carbocycles. The van der Waals surface area contributed by atoms with Gasteiger partial charge in [-0.05, 0) is 49.9 Å². The third kappa shape index (κ3) is 4.29. The van der Waals surface area contributed by atoms with E-state index in [0.29, 0.717) is 13.1 Å². The van der Waals surface area contributed by atoms with Gasteiger partial charge in [-0.2, -0.15) is 0 Å². The lowest BCUT2D eigenvalue weighted by atomic mass is 9.97. The first-order valence-electron chi connectivity index (χ1n) is 7.45. The van der Waals surface area contributed by atoms with E-state index in [1.54, 1.807) is 0 Å². The van der Waals surface area contributed by atoms with Gasteiger partial charge >= 0.3 is 0 Å². The van der Waals surface area contributed by atoms with Crippen molar-refractivity contribution in [2.24, 2.45) is 11.7 Å². The molecule has 114 valence electrons. The summed E-state index contributed by atoms with van der Waals surface area (Å²) in [6, 6.07) is 5.89. The van der Waals surface area contributed by atoms with Gasteiger partial charge in [0.2, 0.25) is 5.91 Å². The van der Waals surface area contributed by atoms with Crippen LogP contribution in [-0.4, -0.2) is 31.4 Å². The number of anilines is 1. The molecule has 1 aliphatic rings. The first kappa shape index (κ1) is 15.5. The van der Waals surface area contributed by atoms with Crippen molar-refractivity contribution in [3.8, 4) is 0 Å². The summed E-state index contributed by atoms with van der Waals surface area (Å²) in [5.41, 5.74) is 8.55. The highest BCUT2D eigenvalue weighted by Crippen LogP contribution is 2.13. The Morgan fingerprint density at radius 1 is 1.33 bits per heavy atom. The maximum atomic E-state index is 12.1. The zero-order valence-corrected chi connectivity index (χ0v) is 12.7. The molecule has 5 nitrogen and oxygen atoms in total. The number of quaternary nitrogens is 1. The average Bonchev–Trinajstić information content (AvgIpc) is 2.43. The summed E-state index contributed by atoms with van der Waals surface area (Å²) in [6.07, 6.45) is 1.79. The molecule has 1 aromatic rings. The molecule has 21 heavy (non-hydrogen) atoms. The minimum Gasteiger partial charge on any atom is -0.369 e. The Kier molecular flexibility index (Phi) is 4.96. The van der Waals surface area contributed by atoms with Crippen LogP contribution in [0.5, 0.6) is 0 Å². The maximum Gasteiger partial charge on any atom is 0.279 e. The number of piperidine rings is 1. The number of amides is 2. The number of hydrogen-bond donors (Lipinski definition) is 3. The second kappa shape index (κ2) is 6.72. The monoisotopic (exact) mass is 290 g/mol. The van der Waals surface area contributed by atoms with Gasteiger partial charge in [-0.1, -0.05) is 6.07 Å². The Morgan fingerprint density at radius 3 is 2.76 bits per heavy atom. The lowest BCUT2D eigenvalue weighted by Gasteiger charge is -2.27. The normalized spacial score (nSPS) is 21.8. The van der Waals surface area contributed by atoms with Gasteiger partial charge in [-0.25, -0.2) is 0 Å². The van der Waals surface area contributed by atoms with Crippen molar-refractivity contribution in [1.29, 1.82) is 0 Å². The molecule has 5 heteroatoms. The van der Waals surface area contributed by atoms with E-state index in [0.717, 1.165) is 35.5 Å². The van der Waals surface area contributed by atoms with Gasteiger partial charge in [0.25, 0.3) is 5.91 Å². The molecule has 1 fully saturated rings. The number of benzene rings is 1. The third-order valence-electron chi connectivity index (χ3n) is 4.22. The summed E-state index contributed by atoms with van der Waals surface area (Å²) in [4.78, 5) is 24.5. The van der Waals surface area contributed by atoms with Crippen LogP contribution in [0.2, 0.25) is 0 Å². The fourth-order valence-electron chi connectivity index (χ4n) is 2.81. The van der Waals surface area contributed by atoms with Gasteiger partial charge in [-0.15, -0.1) is 0 Å². The number of carbonyl (C=O) groups is 2. The van der Waals surface area contributed by atoms with Crippen LogP contribution in [0.4, 0.5) is 5.69 Å². The number of nitrogens with one attached hydrogen (secondary N) is 2. The van der Waals surface area contributed by atoms with E-state index >= 15 is 0 Å². The van der Waals surface area contributed by atoms with E-state index in [1.165, 1.54) is 5.56 Å².